The van der Waals surface area contributed by atoms with Gasteiger partial charge in [-0.1, -0.05) is 18.2 Å². The van der Waals surface area contributed by atoms with Crippen LogP contribution in [0.1, 0.15) is 11.6 Å². The number of carbonyl (C=O) groups excluding carboxylic acids is 1. The number of amides is 1. The van der Waals surface area contributed by atoms with Gasteiger partial charge in [0.05, 0.1) is 0 Å². The van der Waals surface area contributed by atoms with Crippen LogP contribution in [0.25, 0.3) is 0 Å². The number of carbonyl (C=O) groups is 1. The highest BCUT2D eigenvalue weighted by Gasteiger charge is 2.09. The maximum Gasteiger partial charge on any atom is 0.238 e. The molecular weight excluding hydrogens is 140 g/mol. The van der Waals surface area contributed by atoms with Crippen LogP contribution < -0.4 is 11.5 Å². The predicted octanol–water partition coefficient (Wildman–Crippen LogP) is -0.0281. The van der Waals surface area contributed by atoms with E-state index in [-0.39, 0.29) is 0 Å². The lowest BCUT2D eigenvalue weighted by atomic mass is 10.1. The molecule has 0 saturated heterocycles. The summed E-state index contributed by atoms with van der Waals surface area (Å²) in [6.45, 7) is 0. The van der Waals surface area contributed by atoms with Gasteiger partial charge in [-0.15, -0.1) is 0 Å². The van der Waals surface area contributed by atoms with Crippen LogP contribution in [-0.4, -0.2) is 5.91 Å². The zero-order valence-corrected chi connectivity index (χ0v) is 5.95. The smallest absolute Gasteiger partial charge is 0.238 e. The second-order valence-electron chi connectivity index (χ2n) is 2.22. The molecule has 0 fully saturated rings. The van der Waals surface area contributed by atoms with Crippen molar-refractivity contribution in [3.8, 4) is 0 Å². The molecule has 1 aromatic rings. The van der Waals surface area contributed by atoms with E-state index in [9.17, 15) is 4.79 Å². The first-order valence-corrected chi connectivity index (χ1v) is 3.22. The first-order chi connectivity index (χ1) is 5.22. The molecule has 1 atom stereocenters. The van der Waals surface area contributed by atoms with Crippen LogP contribution >= 0.6 is 0 Å². The molecule has 0 aliphatic rings. The summed E-state index contributed by atoms with van der Waals surface area (Å²) < 4.78 is 0. The highest BCUT2D eigenvalue weighted by Crippen LogP contribution is 2.07. The van der Waals surface area contributed by atoms with Crippen LogP contribution in [0.3, 0.4) is 0 Å². The van der Waals surface area contributed by atoms with E-state index in [4.69, 9.17) is 11.5 Å². The minimum Gasteiger partial charge on any atom is -0.368 e. The summed E-state index contributed by atoms with van der Waals surface area (Å²) in [7, 11) is 0. The van der Waals surface area contributed by atoms with Crippen molar-refractivity contribution in [3.63, 3.8) is 0 Å². The molecule has 11 heavy (non-hydrogen) atoms. The van der Waals surface area contributed by atoms with E-state index in [0.29, 0.717) is 5.56 Å². The molecule has 0 saturated carbocycles. The molecule has 1 amide bonds. The van der Waals surface area contributed by atoms with Gasteiger partial charge in [0.1, 0.15) is 6.04 Å². The number of rotatable bonds is 2. The molecule has 0 aromatic heterocycles. The Kier molecular flexibility index (Phi) is 2.23. The highest BCUT2D eigenvalue weighted by atomic mass is 16.1. The van der Waals surface area contributed by atoms with Gasteiger partial charge in [0, 0.05) is 0 Å². The second kappa shape index (κ2) is 3.16. The number of nitrogens with two attached hydrogens (primary N) is 2. The quantitative estimate of drug-likeness (QED) is 0.620. The SMILES string of the molecule is NC(=O)C(N)c1c[c]ccc1. The predicted molar refractivity (Wildman–Crippen MR) is 41.4 cm³/mol. The molecule has 1 radical (unpaired) electrons. The molecule has 1 aromatic carbocycles. The standard InChI is InChI=1S/C8H9N2O/c9-7(8(10)11)6-4-2-1-3-5-6/h1-2,4-5,7H,9H2,(H2,10,11). The van der Waals surface area contributed by atoms with E-state index < -0.39 is 11.9 Å². The van der Waals surface area contributed by atoms with Crippen molar-refractivity contribution < 1.29 is 4.79 Å². The third kappa shape index (κ3) is 1.78. The van der Waals surface area contributed by atoms with Crippen molar-refractivity contribution >= 4 is 5.91 Å². The Balaban J connectivity index is 2.85. The average Bonchev–Trinajstić information content (AvgIpc) is 2.05. The summed E-state index contributed by atoms with van der Waals surface area (Å²) in [4.78, 5) is 10.6. The lowest BCUT2D eigenvalue weighted by molar-refractivity contribution is -0.119. The van der Waals surface area contributed by atoms with Crippen LogP contribution in [0.5, 0.6) is 0 Å². The van der Waals surface area contributed by atoms with Crippen molar-refractivity contribution in [3.05, 3.63) is 35.9 Å². The van der Waals surface area contributed by atoms with Crippen molar-refractivity contribution in [2.45, 2.75) is 6.04 Å². The molecular formula is C8H9N2O. The minimum atomic E-state index is -0.715. The van der Waals surface area contributed by atoms with Crippen LogP contribution in [0.2, 0.25) is 0 Å². The fourth-order valence-corrected chi connectivity index (χ4v) is 0.765. The summed E-state index contributed by atoms with van der Waals surface area (Å²) in [6, 6.07) is 8.98. The zero-order valence-electron chi connectivity index (χ0n) is 5.95. The van der Waals surface area contributed by atoms with Gasteiger partial charge in [-0.25, -0.2) is 0 Å². The summed E-state index contributed by atoms with van der Waals surface area (Å²) in [5.41, 5.74) is 11.1. The monoisotopic (exact) mass is 149 g/mol. The summed E-state index contributed by atoms with van der Waals surface area (Å²) >= 11 is 0. The molecule has 4 N–H and O–H groups in total. The van der Waals surface area contributed by atoms with E-state index in [1.54, 1.807) is 24.3 Å². The Hall–Kier alpha value is -1.35. The first kappa shape index (κ1) is 7.75. The Morgan fingerprint density at radius 1 is 1.64 bits per heavy atom. The highest BCUT2D eigenvalue weighted by molar-refractivity contribution is 5.81. The van der Waals surface area contributed by atoms with Crippen LogP contribution in [0.4, 0.5) is 0 Å². The summed E-state index contributed by atoms with van der Waals surface area (Å²) in [6.07, 6.45) is 0. The van der Waals surface area contributed by atoms with Gasteiger partial charge in [-0.3, -0.25) is 4.79 Å². The maximum absolute atomic E-state index is 10.6. The topological polar surface area (TPSA) is 69.1 Å². The van der Waals surface area contributed by atoms with Crippen molar-refractivity contribution in [2.24, 2.45) is 11.5 Å². The van der Waals surface area contributed by atoms with E-state index in [1.165, 1.54) is 0 Å². The van der Waals surface area contributed by atoms with Gasteiger partial charge < -0.3 is 11.5 Å². The Bertz CT molecular complexity index is 246. The molecule has 0 spiro atoms. The Labute approximate surface area is 65.0 Å². The number of primary amides is 1. The largest absolute Gasteiger partial charge is 0.368 e. The third-order valence-corrected chi connectivity index (χ3v) is 1.40. The molecule has 0 bridgehead atoms. The first-order valence-electron chi connectivity index (χ1n) is 3.22. The van der Waals surface area contributed by atoms with E-state index >= 15 is 0 Å². The van der Waals surface area contributed by atoms with Crippen LogP contribution in [0, 0.1) is 6.07 Å². The lowest BCUT2D eigenvalue weighted by Gasteiger charge is -2.05. The van der Waals surface area contributed by atoms with Gasteiger partial charge in [-0.2, -0.15) is 0 Å². The fraction of sp³-hybridized carbons (Fsp3) is 0.125. The van der Waals surface area contributed by atoms with E-state index in [2.05, 4.69) is 6.07 Å². The normalized spacial score (nSPS) is 12.5. The third-order valence-electron chi connectivity index (χ3n) is 1.40. The van der Waals surface area contributed by atoms with Gasteiger partial charge in [-0.05, 0) is 17.7 Å². The number of hydrogen-bond donors (Lipinski definition) is 2. The molecule has 1 unspecified atom stereocenters. The summed E-state index contributed by atoms with van der Waals surface area (Å²) in [5, 5.41) is 0. The van der Waals surface area contributed by atoms with Crippen molar-refractivity contribution in [1.82, 2.24) is 0 Å². The van der Waals surface area contributed by atoms with Gasteiger partial charge >= 0.3 is 0 Å². The Morgan fingerprint density at radius 3 is 2.82 bits per heavy atom. The molecule has 3 nitrogen and oxygen atoms in total. The van der Waals surface area contributed by atoms with E-state index in [0.717, 1.165) is 0 Å². The molecule has 1 rings (SSSR count). The lowest BCUT2D eigenvalue weighted by Crippen LogP contribution is -2.28. The number of benzene rings is 1. The minimum absolute atomic E-state index is 0.524. The molecule has 0 heterocycles. The maximum atomic E-state index is 10.6. The molecule has 57 valence electrons. The van der Waals surface area contributed by atoms with Gasteiger partial charge in [0.2, 0.25) is 5.91 Å². The van der Waals surface area contributed by atoms with Crippen molar-refractivity contribution in [1.29, 1.82) is 0 Å². The fourth-order valence-electron chi connectivity index (χ4n) is 0.765. The number of hydrogen-bond acceptors (Lipinski definition) is 2. The molecule has 0 aliphatic carbocycles. The average molecular weight is 149 g/mol. The van der Waals surface area contributed by atoms with Crippen LogP contribution in [-0.2, 0) is 4.79 Å². The van der Waals surface area contributed by atoms with Gasteiger partial charge in [0.15, 0.2) is 0 Å². The molecule has 0 aliphatic heterocycles. The van der Waals surface area contributed by atoms with Crippen molar-refractivity contribution in [2.75, 3.05) is 0 Å². The van der Waals surface area contributed by atoms with Crippen LogP contribution in [0.15, 0.2) is 24.3 Å². The summed E-state index contributed by atoms with van der Waals surface area (Å²) in [5.74, 6) is -0.524. The second-order valence-corrected chi connectivity index (χ2v) is 2.22. The zero-order chi connectivity index (χ0) is 8.27. The van der Waals surface area contributed by atoms with Gasteiger partial charge in [0.25, 0.3) is 0 Å². The molecule has 3 heteroatoms. The van der Waals surface area contributed by atoms with E-state index in [1.807, 2.05) is 0 Å². The Morgan fingerprint density at radius 2 is 2.36 bits per heavy atom.